The molecule has 0 fully saturated rings. The molecule has 5 nitrogen and oxygen atoms in total. The second-order valence-electron chi connectivity index (χ2n) is 6.30. The summed E-state index contributed by atoms with van der Waals surface area (Å²) in [6.45, 7) is 2.15. The summed E-state index contributed by atoms with van der Waals surface area (Å²) in [5.74, 6) is -0.127. The van der Waals surface area contributed by atoms with Crippen molar-refractivity contribution in [3.05, 3.63) is 35.1 Å². The number of urea groups is 1. The molecule has 0 heterocycles. The van der Waals surface area contributed by atoms with E-state index in [1.807, 2.05) is 13.0 Å². The fraction of sp³-hybridized carbons (Fsp3) is 0.562. The Hall–Kier alpha value is -1.63. The molecule has 0 radical (unpaired) electrons. The molecule has 0 bridgehead atoms. The van der Waals surface area contributed by atoms with Gasteiger partial charge in [0.1, 0.15) is 15.7 Å². The normalized spacial score (nSPS) is 20.7. The highest BCUT2D eigenvalue weighted by molar-refractivity contribution is 7.90. The van der Waals surface area contributed by atoms with E-state index >= 15 is 0 Å². The molecular formula is C16H23FN2O3S. The predicted molar refractivity (Wildman–Crippen MR) is 87.5 cm³/mol. The largest absolute Gasteiger partial charge is 0.331 e. The average Bonchev–Trinajstić information content (AvgIpc) is 2.47. The van der Waals surface area contributed by atoms with Crippen molar-refractivity contribution in [3.63, 3.8) is 0 Å². The van der Waals surface area contributed by atoms with Gasteiger partial charge in [0.2, 0.25) is 0 Å². The van der Waals surface area contributed by atoms with Crippen LogP contribution in [0.2, 0.25) is 0 Å². The molecular weight excluding hydrogens is 319 g/mol. The van der Waals surface area contributed by atoms with E-state index in [-0.39, 0.29) is 36.1 Å². The fourth-order valence-electron chi connectivity index (χ4n) is 2.84. The molecule has 0 aromatic heterocycles. The van der Waals surface area contributed by atoms with Gasteiger partial charge in [0.05, 0.1) is 11.8 Å². The number of rotatable bonds is 4. The zero-order valence-corrected chi connectivity index (χ0v) is 14.5. The Morgan fingerprint density at radius 1 is 1.43 bits per heavy atom. The lowest BCUT2D eigenvalue weighted by Gasteiger charge is -2.33. The second kappa shape index (κ2) is 6.86. The SMILES string of the molecule is C[C@@H]1CCc2c(F)cccc2[C@@H]1NC(=O)N(C)CCS(C)(=O)=O. The molecule has 7 heteroatoms. The maximum Gasteiger partial charge on any atom is 0.317 e. The van der Waals surface area contributed by atoms with Crippen LogP contribution in [-0.2, 0) is 16.3 Å². The van der Waals surface area contributed by atoms with Crippen molar-refractivity contribution in [1.29, 1.82) is 0 Å². The number of hydrogen-bond acceptors (Lipinski definition) is 3. The maximum absolute atomic E-state index is 13.9. The van der Waals surface area contributed by atoms with Crippen LogP contribution in [0.4, 0.5) is 9.18 Å². The first-order chi connectivity index (χ1) is 10.7. The van der Waals surface area contributed by atoms with Crippen molar-refractivity contribution in [2.75, 3.05) is 25.6 Å². The molecule has 0 aliphatic heterocycles. The summed E-state index contributed by atoms with van der Waals surface area (Å²) in [5, 5.41) is 2.91. The lowest BCUT2D eigenvalue weighted by Crippen LogP contribution is -2.44. The standard InChI is InChI=1S/C16H23FN2O3S/c1-11-7-8-12-13(5-4-6-14(12)17)15(11)18-16(20)19(2)9-10-23(3,21)22/h4-6,11,15H,7-10H2,1-3H3,(H,18,20)/t11-,15-/m1/s1. The van der Waals surface area contributed by atoms with Crippen molar-refractivity contribution in [2.24, 2.45) is 5.92 Å². The monoisotopic (exact) mass is 342 g/mol. The Morgan fingerprint density at radius 3 is 2.78 bits per heavy atom. The molecule has 1 N–H and O–H groups in total. The summed E-state index contributed by atoms with van der Waals surface area (Å²) in [4.78, 5) is 13.6. The third-order valence-electron chi connectivity index (χ3n) is 4.33. The second-order valence-corrected chi connectivity index (χ2v) is 8.56. The van der Waals surface area contributed by atoms with E-state index in [9.17, 15) is 17.6 Å². The van der Waals surface area contributed by atoms with Crippen LogP contribution in [0, 0.1) is 11.7 Å². The van der Waals surface area contributed by atoms with Gasteiger partial charge >= 0.3 is 6.03 Å². The predicted octanol–water partition coefficient (Wildman–Crippen LogP) is 2.14. The summed E-state index contributed by atoms with van der Waals surface area (Å²) < 4.78 is 36.3. The Kier molecular flexibility index (Phi) is 5.29. The topological polar surface area (TPSA) is 66.5 Å². The molecule has 1 aliphatic rings. The van der Waals surface area contributed by atoms with E-state index in [1.54, 1.807) is 13.1 Å². The van der Waals surface area contributed by atoms with Gasteiger partial charge in [0, 0.05) is 19.8 Å². The van der Waals surface area contributed by atoms with E-state index in [4.69, 9.17) is 0 Å². The Bertz CT molecular complexity index is 691. The number of nitrogens with zero attached hydrogens (tertiary/aromatic N) is 1. The Balaban J connectivity index is 2.10. The maximum atomic E-state index is 13.9. The van der Waals surface area contributed by atoms with E-state index in [0.717, 1.165) is 18.2 Å². The highest BCUT2D eigenvalue weighted by Crippen LogP contribution is 2.35. The zero-order chi connectivity index (χ0) is 17.2. The van der Waals surface area contributed by atoms with Crippen LogP contribution in [0.5, 0.6) is 0 Å². The van der Waals surface area contributed by atoms with Gasteiger partial charge in [0.15, 0.2) is 0 Å². The number of halogens is 1. The number of sulfone groups is 1. The van der Waals surface area contributed by atoms with Gasteiger partial charge in [-0.2, -0.15) is 0 Å². The van der Waals surface area contributed by atoms with Gasteiger partial charge in [-0.25, -0.2) is 17.6 Å². The summed E-state index contributed by atoms with van der Waals surface area (Å²) >= 11 is 0. The lowest BCUT2D eigenvalue weighted by atomic mass is 9.80. The van der Waals surface area contributed by atoms with Crippen molar-refractivity contribution >= 4 is 15.9 Å². The van der Waals surface area contributed by atoms with Crippen molar-refractivity contribution in [3.8, 4) is 0 Å². The van der Waals surface area contributed by atoms with Gasteiger partial charge in [-0.15, -0.1) is 0 Å². The van der Waals surface area contributed by atoms with Crippen LogP contribution in [0.3, 0.4) is 0 Å². The van der Waals surface area contributed by atoms with Crippen molar-refractivity contribution in [2.45, 2.75) is 25.8 Å². The van der Waals surface area contributed by atoms with Gasteiger partial charge in [0.25, 0.3) is 0 Å². The lowest BCUT2D eigenvalue weighted by molar-refractivity contribution is 0.200. The number of nitrogens with one attached hydrogen (secondary N) is 1. The molecule has 0 unspecified atom stereocenters. The highest BCUT2D eigenvalue weighted by atomic mass is 32.2. The van der Waals surface area contributed by atoms with Gasteiger partial charge in [-0.05, 0) is 36.0 Å². The van der Waals surface area contributed by atoms with Gasteiger partial charge < -0.3 is 10.2 Å². The molecule has 2 atom stereocenters. The number of hydrogen-bond donors (Lipinski definition) is 1. The minimum atomic E-state index is -3.12. The summed E-state index contributed by atoms with van der Waals surface area (Å²) in [7, 11) is -1.57. The molecule has 2 amide bonds. The third kappa shape index (κ3) is 4.43. The first kappa shape index (κ1) is 17.7. The van der Waals surface area contributed by atoms with Crippen LogP contribution in [-0.4, -0.2) is 44.9 Å². The number of carbonyl (C=O) groups is 1. The molecule has 1 aromatic rings. The average molecular weight is 342 g/mol. The summed E-state index contributed by atoms with van der Waals surface area (Å²) in [6.07, 6.45) is 2.60. The third-order valence-corrected chi connectivity index (χ3v) is 5.26. The molecule has 1 aliphatic carbocycles. The fourth-order valence-corrected chi connectivity index (χ4v) is 3.45. The number of fused-ring (bicyclic) bond motifs is 1. The van der Waals surface area contributed by atoms with Crippen LogP contribution < -0.4 is 5.32 Å². The minimum Gasteiger partial charge on any atom is -0.331 e. The number of amides is 2. The van der Waals surface area contributed by atoms with Crippen LogP contribution >= 0.6 is 0 Å². The quantitative estimate of drug-likeness (QED) is 0.911. The van der Waals surface area contributed by atoms with Crippen LogP contribution in [0.15, 0.2) is 18.2 Å². The van der Waals surface area contributed by atoms with Crippen LogP contribution in [0.1, 0.15) is 30.5 Å². The Labute approximate surface area is 136 Å². The molecule has 2 rings (SSSR count). The van der Waals surface area contributed by atoms with Crippen molar-refractivity contribution < 1.29 is 17.6 Å². The smallest absolute Gasteiger partial charge is 0.317 e. The molecule has 23 heavy (non-hydrogen) atoms. The van der Waals surface area contributed by atoms with Gasteiger partial charge in [-0.3, -0.25) is 0 Å². The van der Waals surface area contributed by atoms with Crippen LogP contribution in [0.25, 0.3) is 0 Å². The minimum absolute atomic E-state index is 0.0810. The van der Waals surface area contributed by atoms with E-state index in [0.29, 0.717) is 12.0 Å². The summed E-state index contributed by atoms with van der Waals surface area (Å²) in [6, 6.07) is 4.32. The zero-order valence-electron chi connectivity index (χ0n) is 13.7. The van der Waals surface area contributed by atoms with E-state index in [1.165, 1.54) is 11.0 Å². The molecule has 0 saturated heterocycles. The Morgan fingerprint density at radius 2 is 2.13 bits per heavy atom. The molecule has 1 aromatic carbocycles. The first-order valence-corrected chi connectivity index (χ1v) is 9.71. The van der Waals surface area contributed by atoms with E-state index in [2.05, 4.69) is 5.32 Å². The van der Waals surface area contributed by atoms with E-state index < -0.39 is 9.84 Å². The number of carbonyl (C=O) groups excluding carboxylic acids is 1. The first-order valence-electron chi connectivity index (χ1n) is 7.65. The highest BCUT2D eigenvalue weighted by Gasteiger charge is 2.30. The van der Waals surface area contributed by atoms with Crippen molar-refractivity contribution in [1.82, 2.24) is 10.2 Å². The summed E-state index contributed by atoms with van der Waals surface area (Å²) in [5.41, 5.74) is 1.48. The molecule has 0 saturated carbocycles. The molecule has 128 valence electrons. The van der Waals surface area contributed by atoms with Gasteiger partial charge in [-0.1, -0.05) is 19.1 Å². The number of benzene rings is 1. The molecule has 0 spiro atoms.